The number of rotatable bonds is 6. The smallest absolute Gasteiger partial charge is 0.268 e. The molecule has 12 heteroatoms. The summed E-state index contributed by atoms with van der Waals surface area (Å²) >= 11 is 0. The number of aliphatic hydroxyl groups excluding tert-OH is 1. The quantitative estimate of drug-likeness (QED) is 0.0484. The molecule has 0 aromatic heterocycles. The molecule has 61 heavy (non-hydrogen) atoms. The molecule has 0 amide bonds. The molecule has 3 aliphatic carbocycles. The van der Waals surface area contributed by atoms with Gasteiger partial charge in [0, 0.05) is 48.0 Å². The lowest BCUT2D eigenvalue weighted by atomic mass is 9.64. The van der Waals surface area contributed by atoms with E-state index in [0.29, 0.717) is 61.8 Å². The summed E-state index contributed by atoms with van der Waals surface area (Å²) in [6, 6.07) is 19.0. The summed E-state index contributed by atoms with van der Waals surface area (Å²) in [4.78, 5) is 4.86. The predicted molar refractivity (Wildman–Crippen MR) is 233 cm³/mol. The molecule has 3 aromatic rings. The minimum atomic E-state index is -4.63. The molecule has 8 N–H and O–H groups in total. The Balaban J connectivity index is 1.25. The summed E-state index contributed by atoms with van der Waals surface area (Å²) < 4.78 is 53.7. The molecule has 3 aromatic carbocycles. The van der Waals surface area contributed by atoms with Gasteiger partial charge in [0.2, 0.25) is 5.72 Å². The standard InChI is InChI=1S/C49H59N3O8S/c1-29-8-9-32-24-38-15-17-39(32)41(29)27-44(61(56,57)58)42-25-35-22-34(26-43-33(28-53)7-5-6-31-23-37(54)14-16-40(31)46(35)59-43)45(42)30-10-12-36(13-11-30)49(60-38,52-47(50)51)21-20-48(55)18-3-2-4-19-48/h10-17,23-25,29,33-34,41-46,53-55H,2-4,7-9,18-22,26-28H2,1H3,(H4,50,51,52)(H,56,57,58). The van der Waals surface area contributed by atoms with Crippen LogP contribution in [0.5, 0.6) is 11.5 Å². The molecule has 1 saturated heterocycles. The van der Waals surface area contributed by atoms with Gasteiger partial charge in [0.05, 0.1) is 17.0 Å². The largest absolute Gasteiger partial charge is 0.508 e. The molecule has 11 nitrogen and oxygen atoms in total. The lowest BCUT2D eigenvalue weighted by Gasteiger charge is -2.42. The van der Waals surface area contributed by atoms with Gasteiger partial charge in [-0.15, -0.1) is 0 Å². The van der Waals surface area contributed by atoms with Crippen molar-refractivity contribution in [2.75, 3.05) is 6.61 Å². The van der Waals surface area contributed by atoms with Crippen molar-refractivity contribution in [3.8, 4) is 23.3 Å². The van der Waals surface area contributed by atoms with Crippen molar-refractivity contribution >= 4 is 16.1 Å². The Kier molecular flexibility index (Phi) is 11.3. The summed E-state index contributed by atoms with van der Waals surface area (Å²) in [6.45, 7) is 2.02. The van der Waals surface area contributed by atoms with Gasteiger partial charge in [-0.1, -0.05) is 80.5 Å². The van der Waals surface area contributed by atoms with Gasteiger partial charge < -0.3 is 36.3 Å². The number of phenolic OH excluding ortho intramolecular Hbond substituents is 1. The Morgan fingerprint density at radius 1 is 0.984 bits per heavy atom. The number of nitrogens with two attached hydrogens (primary N) is 2. The van der Waals surface area contributed by atoms with Crippen LogP contribution in [-0.4, -0.2) is 57.8 Å². The molecule has 10 atom stereocenters. The lowest BCUT2D eigenvalue weighted by Crippen LogP contribution is -2.40. The maximum absolute atomic E-state index is 14.1. The van der Waals surface area contributed by atoms with E-state index >= 15 is 0 Å². The Labute approximate surface area is 359 Å². The molecule has 5 heterocycles. The van der Waals surface area contributed by atoms with E-state index in [1.54, 1.807) is 12.1 Å². The molecule has 10 bridgehead atoms. The van der Waals surface area contributed by atoms with Crippen LogP contribution in [0.15, 0.2) is 77.3 Å². The number of hydrogen-bond acceptors (Lipinski definition) is 8. The van der Waals surface area contributed by atoms with Gasteiger partial charge in [0.15, 0.2) is 5.96 Å². The predicted octanol–water partition coefficient (Wildman–Crippen LogP) is 7.24. The third-order valence-electron chi connectivity index (χ3n) is 15.1. The summed E-state index contributed by atoms with van der Waals surface area (Å²) in [5, 5.41) is 31.9. The maximum Gasteiger partial charge on any atom is 0.268 e. The van der Waals surface area contributed by atoms with Gasteiger partial charge in [0.1, 0.15) is 17.6 Å². The fraction of sp³-hybridized carbons (Fsp3) is 0.531. The van der Waals surface area contributed by atoms with Crippen molar-refractivity contribution in [3.63, 3.8) is 0 Å². The molecular weight excluding hydrogens is 791 g/mol. The fourth-order valence-electron chi connectivity index (χ4n) is 11.9. The molecule has 11 rings (SSSR count). The Hall–Kier alpha value is -4.38. The summed E-state index contributed by atoms with van der Waals surface area (Å²) in [6.07, 6.45) is 9.48. The number of fused-ring (bicyclic) bond motifs is 9. The second-order valence-corrected chi connectivity index (χ2v) is 20.6. The van der Waals surface area contributed by atoms with Crippen LogP contribution in [0.2, 0.25) is 0 Å². The Morgan fingerprint density at radius 3 is 2.49 bits per heavy atom. The van der Waals surface area contributed by atoms with E-state index in [1.807, 2.05) is 48.5 Å². The highest BCUT2D eigenvalue weighted by molar-refractivity contribution is 7.86. The van der Waals surface area contributed by atoms with Crippen LogP contribution in [-0.2, 0) is 27.0 Å². The molecule has 1 saturated carbocycles. The van der Waals surface area contributed by atoms with E-state index in [9.17, 15) is 28.3 Å². The van der Waals surface area contributed by atoms with Gasteiger partial charge in [0.25, 0.3) is 10.1 Å². The Bertz CT molecular complexity index is 2380. The number of guanidine groups is 1. The van der Waals surface area contributed by atoms with Crippen LogP contribution in [0.25, 0.3) is 0 Å². The van der Waals surface area contributed by atoms with Crippen molar-refractivity contribution in [1.82, 2.24) is 0 Å². The highest BCUT2D eigenvalue weighted by Gasteiger charge is 2.50. The van der Waals surface area contributed by atoms with Crippen LogP contribution in [0.3, 0.4) is 0 Å². The zero-order chi connectivity index (χ0) is 42.7. The van der Waals surface area contributed by atoms with E-state index in [4.69, 9.17) is 25.9 Å². The zero-order valence-corrected chi connectivity index (χ0v) is 35.7. The number of aliphatic hydroxyl groups is 2. The van der Waals surface area contributed by atoms with Crippen molar-refractivity contribution in [3.05, 3.63) is 106 Å². The normalized spacial score (nSPS) is 32.6. The van der Waals surface area contributed by atoms with Crippen LogP contribution < -0.4 is 16.2 Å². The van der Waals surface area contributed by atoms with Crippen molar-refractivity contribution in [2.24, 2.45) is 40.1 Å². The zero-order valence-electron chi connectivity index (χ0n) is 34.9. The minimum Gasteiger partial charge on any atom is -0.508 e. The average molecular weight is 850 g/mol. The lowest BCUT2D eigenvalue weighted by molar-refractivity contribution is -0.0416. The number of hydrogen-bond donors (Lipinski definition) is 6. The summed E-state index contributed by atoms with van der Waals surface area (Å²) in [5.41, 5.74) is 16.2. The van der Waals surface area contributed by atoms with Crippen LogP contribution >= 0.6 is 0 Å². The highest BCUT2D eigenvalue weighted by atomic mass is 32.2. The van der Waals surface area contributed by atoms with E-state index in [-0.39, 0.29) is 54.3 Å². The molecule has 0 radical (unpaired) electrons. The second kappa shape index (κ2) is 16.4. The van der Waals surface area contributed by atoms with Crippen molar-refractivity contribution in [2.45, 2.75) is 131 Å². The van der Waals surface area contributed by atoms with E-state index in [2.05, 4.69) is 24.8 Å². The number of benzene rings is 3. The SMILES string of the molecule is CC1CCc2cc3ccc2C1CC(S(=O)(=O)O)C1C=C2CC(CC4OC2c2ccc(O)cc2C#CCC4CO)C1c1ccc(cc1)C(CCC1(O)CCCCC1)(N=C(N)N)O3. The van der Waals surface area contributed by atoms with E-state index < -0.39 is 44.8 Å². The Morgan fingerprint density at radius 2 is 1.75 bits per heavy atom. The topological polar surface area (TPSA) is 198 Å². The second-order valence-electron chi connectivity index (χ2n) is 18.9. The first-order valence-electron chi connectivity index (χ1n) is 22.2. The van der Waals surface area contributed by atoms with Gasteiger partial charge in [-0.25, -0.2) is 4.99 Å². The first kappa shape index (κ1) is 41.9. The number of aromatic hydroxyl groups is 1. The van der Waals surface area contributed by atoms with Gasteiger partial charge >= 0.3 is 0 Å². The monoisotopic (exact) mass is 849 g/mol. The summed E-state index contributed by atoms with van der Waals surface area (Å²) in [7, 11) is -4.63. The number of allylic oxidation sites excluding steroid dienone is 1. The number of ether oxygens (including phenoxy) is 2. The van der Waals surface area contributed by atoms with Crippen LogP contribution in [0, 0.1) is 35.5 Å². The van der Waals surface area contributed by atoms with E-state index in [1.165, 1.54) is 0 Å². The maximum atomic E-state index is 14.1. The highest BCUT2D eigenvalue weighted by Crippen LogP contribution is 2.55. The number of aryl methyl sites for hydroxylation is 1. The van der Waals surface area contributed by atoms with E-state index in [0.717, 1.165) is 59.9 Å². The third-order valence-corrected chi connectivity index (χ3v) is 16.4. The average Bonchev–Trinajstić information content (AvgIpc) is 3.32. The fourth-order valence-corrected chi connectivity index (χ4v) is 13.0. The van der Waals surface area contributed by atoms with Crippen molar-refractivity contribution in [1.29, 1.82) is 0 Å². The van der Waals surface area contributed by atoms with Crippen LogP contribution in [0.1, 0.15) is 135 Å². The molecule has 324 valence electrons. The first-order chi connectivity index (χ1) is 29.2. The van der Waals surface area contributed by atoms with Gasteiger partial charge in [-0.05, 0) is 122 Å². The first-order valence-corrected chi connectivity index (χ1v) is 23.7. The molecule has 2 fully saturated rings. The number of aliphatic imine (C=N–C) groups is 1. The third kappa shape index (κ3) is 8.20. The van der Waals surface area contributed by atoms with Gasteiger partial charge in [-0.2, -0.15) is 8.42 Å². The number of phenols is 1. The minimum absolute atomic E-state index is 0.0802. The van der Waals surface area contributed by atoms with Crippen LogP contribution in [0.4, 0.5) is 0 Å². The van der Waals surface area contributed by atoms with Crippen molar-refractivity contribution < 1.29 is 37.8 Å². The molecule has 10 unspecified atom stereocenters. The summed E-state index contributed by atoms with van der Waals surface area (Å²) in [5.74, 6) is 5.48. The molecular formula is C49H59N3O8S. The molecule has 0 spiro atoms. The number of nitrogens with zero attached hydrogens (tertiary/aromatic N) is 1. The molecule has 8 aliphatic rings. The molecule has 5 aliphatic heterocycles. The van der Waals surface area contributed by atoms with Gasteiger partial charge in [-0.3, -0.25) is 4.55 Å².